The van der Waals surface area contributed by atoms with Gasteiger partial charge in [-0.05, 0) is 52.4 Å². The summed E-state index contributed by atoms with van der Waals surface area (Å²) >= 11 is 3.45. The van der Waals surface area contributed by atoms with Crippen LogP contribution in [-0.2, 0) is 6.54 Å². The number of benzene rings is 1. The zero-order chi connectivity index (χ0) is 10.7. The van der Waals surface area contributed by atoms with Crippen LogP contribution in [-0.4, -0.2) is 11.8 Å². The van der Waals surface area contributed by atoms with Crippen molar-refractivity contribution in [2.75, 3.05) is 6.61 Å². The van der Waals surface area contributed by atoms with Gasteiger partial charge in [-0.15, -0.1) is 0 Å². The first kappa shape index (κ1) is 10.9. The van der Waals surface area contributed by atoms with Crippen molar-refractivity contribution in [1.29, 1.82) is 0 Å². The summed E-state index contributed by atoms with van der Waals surface area (Å²) in [6.07, 6.45) is 2.59. The zero-order valence-electron chi connectivity index (χ0n) is 8.37. The maximum atomic E-state index is 8.57. The molecular weight excluding hydrogens is 258 g/mol. The fourth-order valence-electron chi connectivity index (χ4n) is 1.35. The lowest BCUT2D eigenvalue weighted by Gasteiger charge is -2.08. The van der Waals surface area contributed by atoms with Gasteiger partial charge < -0.3 is 9.94 Å². The molecule has 0 radical (unpaired) electrons. The second-order valence-electron chi connectivity index (χ2n) is 3.85. The van der Waals surface area contributed by atoms with Crippen molar-refractivity contribution in [2.45, 2.75) is 19.4 Å². The third-order valence-corrected chi connectivity index (χ3v) is 3.07. The number of rotatable bonds is 5. The van der Waals surface area contributed by atoms with Gasteiger partial charge in [0.05, 0.1) is 11.1 Å². The monoisotopic (exact) mass is 271 g/mol. The van der Waals surface area contributed by atoms with Gasteiger partial charge >= 0.3 is 0 Å². The van der Waals surface area contributed by atoms with E-state index in [-0.39, 0.29) is 0 Å². The lowest BCUT2D eigenvalue weighted by molar-refractivity contribution is 0.161. The summed E-state index contributed by atoms with van der Waals surface area (Å²) in [5, 5.41) is 8.57. The van der Waals surface area contributed by atoms with Gasteiger partial charge in [-0.2, -0.15) is 0 Å². The molecule has 0 saturated heterocycles. The first-order chi connectivity index (χ1) is 7.29. The molecule has 1 saturated carbocycles. The molecule has 82 valence electrons. The molecule has 0 bridgehead atoms. The maximum absolute atomic E-state index is 8.57. The Morgan fingerprint density at radius 1 is 1.47 bits per heavy atom. The molecule has 3 nitrogen and oxygen atoms in total. The third-order valence-electron chi connectivity index (χ3n) is 2.45. The van der Waals surface area contributed by atoms with E-state index in [0.29, 0.717) is 6.54 Å². The predicted molar refractivity (Wildman–Crippen MR) is 61.0 cm³/mol. The lowest BCUT2D eigenvalue weighted by Crippen LogP contribution is -2.06. The van der Waals surface area contributed by atoms with Gasteiger partial charge in [0.25, 0.3) is 0 Å². The van der Waals surface area contributed by atoms with E-state index in [2.05, 4.69) is 21.4 Å². The standard InChI is InChI=1S/C11H14BrNO2/c12-10-5-9(6-13-14)3-4-11(10)15-7-8-1-2-8/h3-5,8,13-14H,1-2,6-7H2. The van der Waals surface area contributed by atoms with Gasteiger partial charge in [0.2, 0.25) is 0 Å². The molecule has 0 heterocycles. The highest BCUT2D eigenvalue weighted by Crippen LogP contribution is 2.32. The number of hydrogen-bond acceptors (Lipinski definition) is 3. The largest absolute Gasteiger partial charge is 0.492 e. The molecule has 1 aromatic rings. The summed E-state index contributed by atoms with van der Waals surface area (Å²) < 4.78 is 6.60. The van der Waals surface area contributed by atoms with Crippen molar-refractivity contribution in [3.63, 3.8) is 0 Å². The Morgan fingerprint density at radius 2 is 2.27 bits per heavy atom. The molecule has 0 aromatic heterocycles. The zero-order valence-corrected chi connectivity index (χ0v) is 9.96. The van der Waals surface area contributed by atoms with Gasteiger partial charge in [0, 0.05) is 6.54 Å². The number of ether oxygens (including phenoxy) is 1. The first-order valence-corrected chi connectivity index (χ1v) is 5.87. The summed E-state index contributed by atoms with van der Waals surface area (Å²) in [4.78, 5) is 0. The molecule has 4 heteroatoms. The van der Waals surface area contributed by atoms with Gasteiger partial charge in [0.1, 0.15) is 5.75 Å². The Labute approximate surface area is 97.5 Å². The number of nitrogens with one attached hydrogen (secondary N) is 1. The normalized spacial score (nSPS) is 15.3. The first-order valence-electron chi connectivity index (χ1n) is 5.08. The highest BCUT2D eigenvalue weighted by Gasteiger charge is 2.22. The fourth-order valence-corrected chi connectivity index (χ4v) is 1.90. The molecule has 15 heavy (non-hydrogen) atoms. The summed E-state index contributed by atoms with van der Waals surface area (Å²) in [6.45, 7) is 1.26. The molecule has 0 atom stereocenters. The number of hydroxylamine groups is 1. The van der Waals surface area contributed by atoms with E-state index >= 15 is 0 Å². The van der Waals surface area contributed by atoms with Crippen molar-refractivity contribution >= 4 is 15.9 Å². The summed E-state index contributed by atoms with van der Waals surface area (Å²) in [7, 11) is 0. The summed E-state index contributed by atoms with van der Waals surface area (Å²) in [5.41, 5.74) is 3.15. The highest BCUT2D eigenvalue weighted by molar-refractivity contribution is 9.10. The van der Waals surface area contributed by atoms with E-state index in [1.807, 2.05) is 18.2 Å². The Morgan fingerprint density at radius 3 is 2.87 bits per heavy atom. The van der Waals surface area contributed by atoms with Crippen molar-refractivity contribution in [3.05, 3.63) is 28.2 Å². The molecule has 2 rings (SSSR count). The maximum Gasteiger partial charge on any atom is 0.133 e. The second kappa shape index (κ2) is 4.96. The minimum atomic E-state index is 0.446. The van der Waals surface area contributed by atoms with Crippen LogP contribution >= 0.6 is 15.9 Å². The Bertz CT molecular complexity index is 339. The van der Waals surface area contributed by atoms with Gasteiger partial charge in [0.15, 0.2) is 0 Å². The van der Waals surface area contributed by atoms with Gasteiger partial charge in [-0.25, -0.2) is 5.48 Å². The van der Waals surface area contributed by atoms with E-state index in [4.69, 9.17) is 9.94 Å². The lowest BCUT2D eigenvalue weighted by atomic mass is 10.2. The molecule has 1 aliphatic rings. The van der Waals surface area contributed by atoms with Crippen LogP contribution in [0.3, 0.4) is 0 Å². The highest BCUT2D eigenvalue weighted by atomic mass is 79.9. The SMILES string of the molecule is ONCc1ccc(OCC2CC2)c(Br)c1. The summed E-state index contributed by atoms with van der Waals surface area (Å²) in [5.74, 6) is 1.64. The van der Waals surface area contributed by atoms with Crippen LogP contribution in [0.4, 0.5) is 0 Å². The van der Waals surface area contributed by atoms with Crippen LogP contribution in [0, 0.1) is 5.92 Å². The minimum Gasteiger partial charge on any atom is -0.492 e. The molecule has 2 N–H and O–H groups in total. The van der Waals surface area contributed by atoms with Crippen LogP contribution in [0.2, 0.25) is 0 Å². The average molecular weight is 272 g/mol. The molecule has 0 amide bonds. The van der Waals surface area contributed by atoms with E-state index < -0.39 is 0 Å². The molecule has 0 aliphatic heterocycles. The Balaban J connectivity index is 1.97. The second-order valence-corrected chi connectivity index (χ2v) is 4.71. The average Bonchev–Trinajstić information content (AvgIpc) is 3.01. The minimum absolute atomic E-state index is 0.446. The molecule has 1 fully saturated rings. The molecule has 1 aromatic carbocycles. The van der Waals surface area contributed by atoms with Crippen molar-refractivity contribution < 1.29 is 9.94 Å². The van der Waals surface area contributed by atoms with E-state index in [1.165, 1.54) is 12.8 Å². The van der Waals surface area contributed by atoms with Crippen LogP contribution < -0.4 is 10.2 Å². The van der Waals surface area contributed by atoms with E-state index in [9.17, 15) is 0 Å². The predicted octanol–water partition coefficient (Wildman–Crippen LogP) is 2.72. The topological polar surface area (TPSA) is 41.5 Å². The molecule has 0 unspecified atom stereocenters. The van der Waals surface area contributed by atoms with Crippen LogP contribution in [0.25, 0.3) is 0 Å². The van der Waals surface area contributed by atoms with Crippen molar-refractivity contribution in [3.8, 4) is 5.75 Å². The fraction of sp³-hybridized carbons (Fsp3) is 0.455. The molecule has 1 aliphatic carbocycles. The van der Waals surface area contributed by atoms with Gasteiger partial charge in [-0.3, -0.25) is 0 Å². The van der Waals surface area contributed by atoms with Crippen LogP contribution in [0.5, 0.6) is 5.75 Å². The van der Waals surface area contributed by atoms with Crippen molar-refractivity contribution in [1.82, 2.24) is 5.48 Å². The third kappa shape index (κ3) is 3.19. The van der Waals surface area contributed by atoms with Gasteiger partial charge in [-0.1, -0.05) is 6.07 Å². The van der Waals surface area contributed by atoms with Crippen molar-refractivity contribution in [2.24, 2.45) is 5.92 Å². The number of hydrogen-bond donors (Lipinski definition) is 2. The van der Waals surface area contributed by atoms with E-state index in [1.54, 1.807) is 0 Å². The van der Waals surface area contributed by atoms with Crippen LogP contribution in [0.1, 0.15) is 18.4 Å². The molecule has 0 spiro atoms. The summed E-state index contributed by atoms with van der Waals surface area (Å²) in [6, 6.07) is 5.82. The van der Waals surface area contributed by atoms with E-state index in [0.717, 1.165) is 28.3 Å². The smallest absolute Gasteiger partial charge is 0.133 e. The number of halogens is 1. The Hall–Kier alpha value is -0.580. The molecular formula is C11H14BrNO2. The Kier molecular flexibility index (Phi) is 3.61. The van der Waals surface area contributed by atoms with Crippen LogP contribution in [0.15, 0.2) is 22.7 Å². The quantitative estimate of drug-likeness (QED) is 0.810.